The molecule has 1 aromatic carbocycles. The fourth-order valence-electron chi connectivity index (χ4n) is 2.93. The van der Waals surface area contributed by atoms with E-state index in [-0.39, 0.29) is 24.0 Å². The highest BCUT2D eigenvalue weighted by Crippen LogP contribution is 2.14. The molecule has 0 aromatic heterocycles. The summed E-state index contributed by atoms with van der Waals surface area (Å²) < 4.78 is 0. The molecule has 0 radical (unpaired) electrons. The Morgan fingerprint density at radius 1 is 1.30 bits per heavy atom. The summed E-state index contributed by atoms with van der Waals surface area (Å²) in [5, 5.41) is 6.85. The zero-order chi connectivity index (χ0) is 15.8. The van der Waals surface area contributed by atoms with Gasteiger partial charge in [-0.05, 0) is 44.8 Å². The number of guanidine groups is 1. The lowest BCUT2D eigenvalue weighted by atomic mass is 10.1. The highest BCUT2D eigenvalue weighted by Gasteiger charge is 2.20. The van der Waals surface area contributed by atoms with Crippen molar-refractivity contribution in [3.05, 3.63) is 35.4 Å². The van der Waals surface area contributed by atoms with E-state index in [0.717, 1.165) is 38.1 Å². The van der Waals surface area contributed by atoms with Crippen LogP contribution in [0, 0.1) is 12.8 Å². The molecule has 1 atom stereocenters. The Balaban J connectivity index is 0.00000264. The number of hydrogen-bond acceptors (Lipinski definition) is 2. The van der Waals surface area contributed by atoms with E-state index in [4.69, 9.17) is 4.99 Å². The van der Waals surface area contributed by atoms with Crippen molar-refractivity contribution in [2.75, 3.05) is 32.7 Å². The third kappa shape index (κ3) is 7.08. The number of aryl methyl sites for hydroxylation is 1. The maximum absolute atomic E-state index is 4.71. The first-order chi connectivity index (χ1) is 10.7. The van der Waals surface area contributed by atoms with Crippen LogP contribution in [0.2, 0.25) is 0 Å². The molecule has 0 aliphatic carbocycles. The molecule has 0 spiro atoms. The van der Waals surface area contributed by atoms with Crippen LogP contribution < -0.4 is 10.6 Å². The minimum Gasteiger partial charge on any atom is -0.357 e. The van der Waals surface area contributed by atoms with Crippen LogP contribution in [-0.4, -0.2) is 43.6 Å². The van der Waals surface area contributed by atoms with Gasteiger partial charge in [-0.25, -0.2) is 4.99 Å². The smallest absolute Gasteiger partial charge is 0.191 e. The van der Waals surface area contributed by atoms with Gasteiger partial charge in [-0.3, -0.25) is 0 Å². The van der Waals surface area contributed by atoms with Gasteiger partial charge < -0.3 is 15.5 Å². The van der Waals surface area contributed by atoms with Crippen molar-refractivity contribution in [3.8, 4) is 0 Å². The van der Waals surface area contributed by atoms with E-state index in [1.54, 1.807) is 0 Å². The van der Waals surface area contributed by atoms with Crippen molar-refractivity contribution in [2.24, 2.45) is 10.9 Å². The molecule has 0 amide bonds. The summed E-state index contributed by atoms with van der Waals surface area (Å²) in [6, 6.07) is 8.55. The maximum Gasteiger partial charge on any atom is 0.191 e. The van der Waals surface area contributed by atoms with E-state index in [1.807, 2.05) is 0 Å². The third-order valence-electron chi connectivity index (χ3n) is 4.22. The van der Waals surface area contributed by atoms with Crippen molar-refractivity contribution in [1.82, 2.24) is 15.5 Å². The quantitative estimate of drug-likeness (QED) is 0.414. The second-order valence-electron chi connectivity index (χ2n) is 6.11. The Bertz CT molecular complexity index is 490. The van der Waals surface area contributed by atoms with Crippen LogP contribution in [0.3, 0.4) is 0 Å². The summed E-state index contributed by atoms with van der Waals surface area (Å²) in [5.41, 5.74) is 2.55. The van der Waals surface area contributed by atoms with E-state index in [2.05, 4.69) is 60.6 Å². The first kappa shape index (κ1) is 20.2. The zero-order valence-corrected chi connectivity index (χ0v) is 17.0. The number of hydrogen-bond donors (Lipinski definition) is 2. The number of halogens is 1. The largest absolute Gasteiger partial charge is 0.357 e. The molecule has 1 saturated heterocycles. The molecule has 5 heteroatoms. The maximum atomic E-state index is 4.71. The molecule has 1 unspecified atom stereocenters. The lowest BCUT2D eigenvalue weighted by Gasteiger charge is -2.16. The molecule has 2 rings (SSSR count). The second-order valence-corrected chi connectivity index (χ2v) is 6.11. The van der Waals surface area contributed by atoms with E-state index >= 15 is 0 Å². The van der Waals surface area contributed by atoms with Gasteiger partial charge in [0.15, 0.2) is 5.96 Å². The van der Waals surface area contributed by atoms with Gasteiger partial charge in [-0.2, -0.15) is 0 Å². The topological polar surface area (TPSA) is 39.7 Å². The third-order valence-corrected chi connectivity index (χ3v) is 4.22. The molecule has 0 saturated carbocycles. The average molecular weight is 430 g/mol. The molecule has 1 aromatic rings. The number of rotatable bonds is 6. The SMILES string of the molecule is CCNC(=NCc1cccc(C)c1)NCC1CCN(CC)C1.I. The minimum absolute atomic E-state index is 0. The van der Waals surface area contributed by atoms with Gasteiger partial charge in [0.2, 0.25) is 0 Å². The minimum atomic E-state index is 0. The summed E-state index contributed by atoms with van der Waals surface area (Å²) in [6.45, 7) is 12.7. The van der Waals surface area contributed by atoms with E-state index < -0.39 is 0 Å². The molecule has 130 valence electrons. The first-order valence-corrected chi connectivity index (χ1v) is 8.51. The Kier molecular flexibility index (Phi) is 9.55. The Labute approximate surface area is 158 Å². The van der Waals surface area contributed by atoms with Crippen molar-refractivity contribution >= 4 is 29.9 Å². The van der Waals surface area contributed by atoms with Gasteiger partial charge in [-0.1, -0.05) is 36.8 Å². The highest BCUT2D eigenvalue weighted by molar-refractivity contribution is 14.0. The predicted molar refractivity (Wildman–Crippen MR) is 110 cm³/mol. The molecular formula is C18H31IN4. The molecule has 23 heavy (non-hydrogen) atoms. The monoisotopic (exact) mass is 430 g/mol. The fourth-order valence-corrected chi connectivity index (χ4v) is 2.93. The summed E-state index contributed by atoms with van der Waals surface area (Å²) in [5.74, 6) is 1.67. The molecule has 1 heterocycles. The van der Waals surface area contributed by atoms with Crippen LogP contribution >= 0.6 is 24.0 Å². The van der Waals surface area contributed by atoms with Gasteiger partial charge in [0.25, 0.3) is 0 Å². The summed E-state index contributed by atoms with van der Waals surface area (Å²) >= 11 is 0. The molecule has 0 bridgehead atoms. The summed E-state index contributed by atoms with van der Waals surface area (Å²) in [7, 11) is 0. The summed E-state index contributed by atoms with van der Waals surface area (Å²) in [4.78, 5) is 7.22. The second kappa shape index (κ2) is 10.9. The Hall–Kier alpha value is -0.820. The molecule has 1 aliphatic heterocycles. The highest BCUT2D eigenvalue weighted by atomic mass is 127. The van der Waals surface area contributed by atoms with Gasteiger partial charge in [0.05, 0.1) is 6.54 Å². The number of likely N-dealkylation sites (tertiary alicyclic amines) is 1. The first-order valence-electron chi connectivity index (χ1n) is 8.51. The average Bonchev–Trinajstić information content (AvgIpc) is 2.98. The van der Waals surface area contributed by atoms with Crippen LogP contribution in [0.1, 0.15) is 31.4 Å². The lowest BCUT2D eigenvalue weighted by molar-refractivity contribution is 0.342. The molecule has 4 nitrogen and oxygen atoms in total. The Morgan fingerprint density at radius 2 is 2.13 bits per heavy atom. The van der Waals surface area contributed by atoms with Gasteiger partial charge in [0, 0.05) is 19.6 Å². The van der Waals surface area contributed by atoms with Gasteiger partial charge in [0.1, 0.15) is 0 Å². The summed E-state index contributed by atoms with van der Waals surface area (Å²) in [6.07, 6.45) is 1.29. The van der Waals surface area contributed by atoms with Crippen molar-refractivity contribution in [1.29, 1.82) is 0 Å². The molecule has 1 fully saturated rings. The van der Waals surface area contributed by atoms with Crippen molar-refractivity contribution in [2.45, 2.75) is 33.7 Å². The number of aliphatic imine (C=N–C) groups is 1. The molecule has 2 N–H and O–H groups in total. The number of nitrogens with one attached hydrogen (secondary N) is 2. The Morgan fingerprint density at radius 3 is 2.78 bits per heavy atom. The van der Waals surface area contributed by atoms with E-state index in [9.17, 15) is 0 Å². The van der Waals surface area contributed by atoms with Crippen LogP contribution in [0.25, 0.3) is 0 Å². The lowest BCUT2D eigenvalue weighted by Crippen LogP contribution is -2.40. The molecule has 1 aliphatic rings. The van der Waals surface area contributed by atoms with Crippen molar-refractivity contribution < 1.29 is 0 Å². The van der Waals surface area contributed by atoms with Crippen LogP contribution in [0.5, 0.6) is 0 Å². The number of nitrogens with zero attached hydrogens (tertiary/aromatic N) is 2. The van der Waals surface area contributed by atoms with Crippen LogP contribution in [0.15, 0.2) is 29.3 Å². The fraction of sp³-hybridized carbons (Fsp3) is 0.611. The van der Waals surface area contributed by atoms with E-state index in [0.29, 0.717) is 0 Å². The number of benzene rings is 1. The van der Waals surface area contributed by atoms with Crippen molar-refractivity contribution in [3.63, 3.8) is 0 Å². The zero-order valence-electron chi connectivity index (χ0n) is 14.6. The van der Waals surface area contributed by atoms with Gasteiger partial charge in [-0.15, -0.1) is 24.0 Å². The normalized spacial score (nSPS) is 18.6. The van der Waals surface area contributed by atoms with Gasteiger partial charge >= 0.3 is 0 Å². The van der Waals surface area contributed by atoms with E-state index in [1.165, 1.54) is 30.6 Å². The standard InChI is InChI=1S/C18H30N4.HI/c1-4-19-18(20-12-16-8-6-7-15(3)11-16)21-13-17-9-10-22(5-2)14-17;/h6-8,11,17H,4-5,9-10,12-14H2,1-3H3,(H2,19,20,21);1H. The molecular weight excluding hydrogens is 399 g/mol. The predicted octanol–water partition coefficient (Wildman–Crippen LogP) is 3.01. The van der Waals surface area contributed by atoms with Crippen LogP contribution in [-0.2, 0) is 6.54 Å². The van der Waals surface area contributed by atoms with Crippen LogP contribution in [0.4, 0.5) is 0 Å².